The van der Waals surface area contributed by atoms with E-state index >= 15 is 0 Å². The zero-order chi connectivity index (χ0) is 19.8. The second-order valence-corrected chi connectivity index (χ2v) is 8.45. The molecule has 0 aliphatic carbocycles. The normalized spacial score (nSPS) is 21.5. The minimum atomic E-state index is -3.89. The van der Waals surface area contributed by atoms with Crippen molar-refractivity contribution in [3.63, 3.8) is 0 Å². The van der Waals surface area contributed by atoms with Gasteiger partial charge in [-0.05, 0) is 31.0 Å². The van der Waals surface area contributed by atoms with Crippen molar-refractivity contribution in [2.75, 3.05) is 24.5 Å². The molecule has 9 nitrogen and oxygen atoms in total. The first-order chi connectivity index (χ1) is 12.7. The van der Waals surface area contributed by atoms with E-state index in [1.165, 1.54) is 23.1 Å². The number of benzene rings is 1. The van der Waals surface area contributed by atoms with Gasteiger partial charge in [0, 0.05) is 31.7 Å². The number of anilines is 1. The predicted octanol–water partition coefficient (Wildman–Crippen LogP) is 0.0101. The SMILES string of the molecule is NS(=O)(=O)c1cccc(N2CC(C(=O)N3CCC(C(=O)O)CC3)CC2=O)c1. The summed E-state index contributed by atoms with van der Waals surface area (Å²) in [6.07, 6.45) is 0.848. The number of carbonyl (C=O) groups is 3. The molecule has 1 atom stereocenters. The molecule has 2 saturated heterocycles. The topological polar surface area (TPSA) is 138 Å². The van der Waals surface area contributed by atoms with Gasteiger partial charge in [-0.1, -0.05) is 6.07 Å². The van der Waals surface area contributed by atoms with Crippen LogP contribution in [0.5, 0.6) is 0 Å². The molecule has 0 spiro atoms. The fraction of sp³-hybridized carbons (Fsp3) is 0.471. The second kappa shape index (κ2) is 7.28. The van der Waals surface area contributed by atoms with Crippen molar-refractivity contribution in [1.29, 1.82) is 0 Å². The Bertz CT molecular complexity index is 876. The van der Waals surface area contributed by atoms with Gasteiger partial charge in [-0.15, -0.1) is 0 Å². The summed E-state index contributed by atoms with van der Waals surface area (Å²) >= 11 is 0. The molecule has 0 bridgehead atoms. The van der Waals surface area contributed by atoms with Crippen LogP contribution in [-0.4, -0.2) is 55.8 Å². The minimum absolute atomic E-state index is 0.0390. The van der Waals surface area contributed by atoms with E-state index in [9.17, 15) is 22.8 Å². The second-order valence-electron chi connectivity index (χ2n) is 6.89. The molecule has 1 aromatic rings. The number of carboxylic acid groups (broad SMARTS) is 1. The highest BCUT2D eigenvalue weighted by Gasteiger charge is 2.38. The first-order valence-corrected chi connectivity index (χ1v) is 10.2. The Morgan fingerprint density at radius 1 is 1.15 bits per heavy atom. The van der Waals surface area contributed by atoms with Gasteiger partial charge in [-0.2, -0.15) is 0 Å². The van der Waals surface area contributed by atoms with Gasteiger partial charge < -0.3 is 14.9 Å². The number of sulfonamides is 1. The Morgan fingerprint density at radius 2 is 1.81 bits per heavy atom. The lowest BCUT2D eigenvalue weighted by Gasteiger charge is -2.31. The van der Waals surface area contributed by atoms with Crippen molar-refractivity contribution in [3.05, 3.63) is 24.3 Å². The Kier molecular flexibility index (Phi) is 5.20. The fourth-order valence-electron chi connectivity index (χ4n) is 3.56. The van der Waals surface area contributed by atoms with Crippen molar-refractivity contribution in [1.82, 2.24) is 4.90 Å². The van der Waals surface area contributed by atoms with Crippen LogP contribution in [0, 0.1) is 11.8 Å². The first-order valence-electron chi connectivity index (χ1n) is 8.61. The third-order valence-electron chi connectivity index (χ3n) is 5.09. The Hall–Kier alpha value is -2.46. The highest BCUT2D eigenvalue weighted by Crippen LogP contribution is 2.29. The highest BCUT2D eigenvalue weighted by atomic mass is 32.2. The number of aliphatic carboxylic acids is 1. The van der Waals surface area contributed by atoms with Gasteiger partial charge in [0.2, 0.25) is 21.8 Å². The lowest BCUT2D eigenvalue weighted by atomic mass is 9.95. The van der Waals surface area contributed by atoms with E-state index < -0.39 is 27.8 Å². The molecule has 1 aromatic carbocycles. The van der Waals surface area contributed by atoms with E-state index in [0.717, 1.165) is 0 Å². The number of nitrogens with zero attached hydrogens (tertiary/aromatic N) is 2. The van der Waals surface area contributed by atoms with E-state index in [1.807, 2.05) is 0 Å². The zero-order valence-electron chi connectivity index (χ0n) is 14.6. The molecule has 0 aromatic heterocycles. The Morgan fingerprint density at radius 3 is 2.41 bits per heavy atom. The zero-order valence-corrected chi connectivity index (χ0v) is 15.4. The number of nitrogens with two attached hydrogens (primary N) is 1. The third kappa shape index (κ3) is 4.11. The van der Waals surface area contributed by atoms with Gasteiger partial charge in [0.1, 0.15) is 0 Å². The lowest BCUT2D eigenvalue weighted by molar-refractivity contribution is -0.146. The van der Waals surface area contributed by atoms with E-state index in [-0.39, 0.29) is 29.7 Å². The van der Waals surface area contributed by atoms with E-state index in [1.54, 1.807) is 11.0 Å². The number of carbonyl (C=O) groups excluding carboxylic acids is 2. The summed E-state index contributed by atoms with van der Waals surface area (Å²) < 4.78 is 23.0. The molecule has 27 heavy (non-hydrogen) atoms. The van der Waals surface area contributed by atoms with Crippen molar-refractivity contribution in [2.24, 2.45) is 17.0 Å². The summed E-state index contributed by atoms with van der Waals surface area (Å²) in [6.45, 7) is 0.882. The molecule has 2 aliphatic rings. The van der Waals surface area contributed by atoms with Gasteiger partial charge in [-0.3, -0.25) is 14.4 Å². The van der Waals surface area contributed by atoms with Crippen LogP contribution in [0.2, 0.25) is 0 Å². The van der Waals surface area contributed by atoms with Crippen molar-refractivity contribution < 1.29 is 27.9 Å². The molecule has 2 fully saturated rings. The lowest BCUT2D eigenvalue weighted by Crippen LogP contribution is -2.43. The van der Waals surface area contributed by atoms with Crippen LogP contribution in [0.15, 0.2) is 29.2 Å². The van der Waals surface area contributed by atoms with Gasteiger partial charge in [-0.25, -0.2) is 13.6 Å². The van der Waals surface area contributed by atoms with Crippen LogP contribution in [0.3, 0.4) is 0 Å². The maximum atomic E-state index is 12.7. The molecule has 2 heterocycles. The number of hydrogen-bond acceptors (Lipinski definition) is 5. The number of carboxylic acids is 1. The minimum Gasteiger partial charge on any atom is -0.481 e. The van der Waals surface area contributed by atoms with Gasteiger partial charge in [0.05, 0.1) is 16.7 Å². The van der Waals surface area contributed by atoms with Crippen LogP contribution in [0.25, 0.3) is 0 Å². The Labute approximate surface area is 156 Å². The summed E-state index contributed by atoms with van der Waals surface area (Å²) in [5, 5.41) is 14.2. The summed E-state index contributed by atoms with van der Waals surface area (Å²) in [7, 11) is -3.89. The number of amides is 2. The maximum Gasteiger partial charge on any atom is 0.306 e. The molecule has 1 unspecified atom stereocenters. The third-order valence-corrected chi connectivity index (χ3v) is 6.00. The summed E-state index contributed by atoms with van der Waals surface area (Å²) in [5.74, 6) is -2.24. The van der Waals surface area contributed by atoms with Crippen molar-refractivity contribution in [2.45, 2.75) is 24.2 Å². The summed E-state index contributed by atoms with van der Waals surface area (Å²) in [5.41, 5.74) is 0.381. The van der Waals surface area contributed by atoms with Gasteiger partial charge in [0.15, 0.2) is 0 Å². The van der Waals surface area contributed by atoms with Crippen molar-refractivity contribution in [3.8, 4) is 0 Å². The number of hydrogen-bond donors (Lipinski definition) is 2. The van der Waals surface area contributed by atoms with Crippen LogP contribution in [-0.2, 0) is 24.4 Å². The Balaban J connectivity index is 1.69. The summed E-state index contributed by atoms with van der Waals surface area (Å²) in [6, 6.07) is 5.75. The molecule has 146 valence electrons. The molecule has 2 aliphatic heterocycles. The molecule has 0 saturated carbocycles. The monoisotopic (exact) mass is 395 g/mol. The van der Waals surface area contributed by atoms with Crippen LogP contribution < -0.4 is 10.0 Å². The largest absolute Gasteiger partial charge is 0.481 e. The predicted molar refractivity (Wildman–Crippen MR) is 95.2 cm³/mol. The summed E-state index contributed by atoms with van der Waals surface area (Å²) in [4.78, 5) is 39.0. The highest BCUT2D eigenvalue weighted by molar-refractivity contribution is 7.89. The van der Waals surface area contributed by atoms with E-state index in [4.69, 9.17) is 10.2 Å². The molecular formula is C17H21N3O6S. The number of primary sulfonamides is 1. The smallest absolute Gasteiger partial charge is 0.306 e. The van der Waals surface area contributed by atoms with Crippen LogP contribution in [0.4, 0.5) is 5.69 Å². The molecule has 2 amide bonds. The number of rotatable bonds is 4. The maximum absolute atomic E-state index is 12.7. The molecule has 3 N–H and O–H groups in total. The first kappa shape index (κ1) is 19.3. The molecular weight excluding hydrogens is 374 g/mol. The average Bonchev–Trinajstić information content (AvgIpc) is 3.02. The fourth-order valence-corrected chi connectivity index (χ4v) is 4.11. The molecule has 3 rings (SSSR count). The molecule has 0 radical (unpaired) electrons. The van der Waals surface area contributed by atoms with Crippen LogP contribution in [0.1, 0.15) is 19.3 Å². The van der Waals surface area contributed by atoms with Gasteiger partial charge in [0.25, 0.3) is 0 Å². The van der Waals surface area contributed by atoms with Gasteiger partial charge >= 0.3 is 5.97 Å². The number of piperidine rings is 1. The van der Waals surface area contributed by atoms with Crippen LogP contribution >= 0.6 is 0 Å². The average molecular weight is 395 g/mol. The quantitative estimate of drug-likeness (QED) is 0.736. The van der Waals surface area contributed by atoms with E-state index in [0.29, 0.717) is 31.6 Å². The van der Waals surface area contributed by atoms with E-state index in [2.05, 4.69) is 0 Å². The standard InChI is InChI=1S/C17H21N3O6S/c18-27(25,26)14-3-1-2-13(9-14)20-10-12(8-15(20)21)16(22)19-6-4-11(5-7-19)17(23)24/h1-3,9,11-12H,4-8,10H2,(H,23,24)(H2,18,25,26). The van der Waals surface area contributed by atoms with Crippen molar-refractivity contribution >= 4 is 33.5 Å². The number of likely N-dealkylation sites (tertiary alicyclic amines) is 1. The molecule has 10 heteroatoms.